The maximum absolute atomic E-state index is 11.2. The molecular formula is C18H20N6O. The highest BCUT2D eigenvalue weighted by molar-refractivity contribution is 5.89. The monoisotopic (exact) mass is 336 g/mol. The molecule has 1 amide bonds. The van der Waals surface area contributed by atoms with Crippen molar-refractivity contribution < 1.29 is 4.79 Å². The van der Waals surface area contributed by atoms with E-state index < -0.39 is 0 Å². The molecule has 25 heavy (non-hydrogen) atoms. The van der Waals surface area contributed by atoms with Crippen molar-refractivity contribution in [3.8, 4) is 17.1 Å². The number of hydrogen-bond donors (Lipinski definition) is 3. The first-order chi connectivity index (χ1) is 12.1. The minimum Gasteiger partial charge on any atom is -0.384 e. The molecule has 0 saturated heterocycles. The number of carbonyl (C=O) groups is 1. The first-order valence-electron chi connectivity index (χ1n) is 7.95. The Balaban J connectivity index is 2.04. The van der Waals surface area contributed by atoms with E-state index in [0.29, 0.717) is 24.7 Å². The van der Waals surface area contributed by atoms with E-state index >= 15 is 0 Å². The smallest absolute Gasteiger partial charge is 0.235 e. The van der Waals surface area contributed by atoms with Gasteiger partial charge < -0.3 is 16.8 Å². The fourth-order valence-electron chi connectivity index (χ4n) is 2.73. The number of nitrogens with one attached hydrogen (secondary N) is 1. The van der Waals surface area contributed by atoms with Gasteiger partial charge in [0.25, 0.3) is 0 Å². The predicted octanol–water partition coefficient (Wildman–Crippen LogP) is 1.98. The molecule has 0 aliphatic heterocycles. The second-order valence-electron chi connectivity index (χ2n) is 5.62. The summed E-state index contributed by atoms with van der Waals surface area (Å²) in [5.41, 5.74) is 15.8. The lowest BCUT2D eigenvalue weighted by Crippen LogP contribution is -2.08. The molecule has 2 heterocycles. The van der Waals surface area contributed by atoms with Gasteiger partial charge in [-0.15, -0.1) is 0 Å². The fraction of sp³-hybridized carbons (Fsp3) is 0.167. The number of anilines is 2. The SMILES string of the molecule is CC(=O)Nc1ccc(-c2cn(-c3ncccn3)c(N)c2CCN)cc1. The van der Waals surface area contributed by atoms with Crippen LogP contribution in [0.5, 0.6) is 0 Å². The van der Waals surface area contributed by atoms with Gasteiger partial charge in [0, 0.05) is 42.3 Å². The van der Waals surface area contributed by atoms with Crippen molar-refractivity contribution in [2.75, 3.05) is 17.6 Å². The van der Waals surface area contributed by atoms with Crippen LogP contribution in [0.15, 0.2) is 48.9 Å². The third-order valence-electron chi connectivity index (χ3n) is 3.83. The Hall–Kier alpha value is -3.19. The lowest BCUT2D eigenvalue weighted by molar-refractivity contribution is -0.114. The number of benzene rings is 1. The largest absolute Gasteiger partial charge is 0.384 e. The number of carbonyl (C=O) groups excluding carboxylic acids is 1. The summed E-state index contributed by atoms with van der Waals surface area (Å²) in [5, 5.41) is 2.76. The van der Waals surface area contributed by atoms with Gasteiger partial charge in [-0.05, 0) is 36.7 Å². The van der Waals surface area contributed by atoms with Gasteiger partial charge in [0.15, 0.2) is 0 Å². The molecule has 7 nitrogen and oxygen atoms in total. The highest BCUT2D eigenvalue weighted by Crippen LogP contribution is 2.32. The van der Waals surface area contributed by atoms with Gasteiger partial charge in [0.05, 0.1) is 0 Å². The normalized spacial score (nSPS) is 10.6. The van der Waals surface area contributed by atoms with Crippen LogP contribution >= 0.6 is 0 Å². The lowest BCUT2D eigenvalue weighted by atomic mass is 10.0. The molecule has 0 bridgehead atoms. The Morgan fingerprint density at radius 2 is 1.88 bits per heavy atom. The Kier molecular flexibility index (Phi) is 4.76. The topological polar surface area (TPSA) is 112 Å². The number of hydrogen-bond acceptors (Lipinski definition) is 5. The molecule has 7 heteroatoms. The van der Waals surface area contributed by atoms with Crippen LogP contribution in [-0.2, 0) is 11.2 Å². The Morgan fingerprint density at radius 1 is 1.20 bits per heavy atom. The quantitative estimate of drug-likeness (QED) is 0.659. The van der Waals surface area contributed by atoms with Gasteiger partial charge in [-0.1, -0.05) is 12.1 Å². The number of nitrogens with zero attached hydrogens (tertiary/aromatic N) is 3. The van der Waals surface area contributed by atoms with Gasteiger partial charge in [-0.25, -0.2) is 9.97 Å². The maximum atomic E-state index is 11.2. The van der Waals surface area contributed by atoms with E-state index in [-0.39, 0.29) is 5.91 Å². The summed E-state index contributed by atoms with van der Waals surface area (Å²) in [6, 6.07) is 9.35. The zero-order valence-electron chi connectivity index (χ0n) is 13.9. The third-order valence-corrected chi connectivity index (χ3v) is 3.83. The number of nitrogen functional groups attached to an aromatic ring is 1. The van der Waals surface area contributed by atoms with Crippen molar-refractivity contribution in [1.29, 1.82) is 0 Å². The van der Waals surface area contributed by atoms with E-state index in [1.165, 1.54) is 6.92 Å². The first-order valence-corrected chi connectivity index (χ1v) is 7.95. The number of amides is 1. The number of rotatable bonds is 5. The molecule has 0 aliphatic carbocycles. The summed E-state index contributed by atoms with van der Waals surface area (Å²) in [6.45, 7) is 1.97. The average molecular weight is 336 g/mol. The summed E-state index contributed by atoms with van der Waals surface area (Å²) in [6.07, 6.45) is 5.91. The molecule has 1 aromatic carbocycles. The minimum atomic E-state index is -0.104. The molecule has 0 aliphatic rings. The van der Waals surface area contributed by atoms with Crippen LogP contribution in [0, 0.1) is 0 Å². The molecule has 0 saturated carbocycles. The van der Waals surface area contributed by atoms with Gasteiger partial charge in [0.1, 0.15) is 5.82 Å². The van der Waals surface area contributed by atoms with Crippen molar-refractivity contribution in [2.24, 2.45) is 5.73 Å². The zero-order valence-corrected chi connectivity index (χ0v) is 13.9. The van der Waals surface area contributed by atoms with Gasteiger partial charge in [-0.2, -0.15) is 0 Å². The van der Waals surface area contributed by atoms with Crippen LogP contribution in [0.2, 0.25) is 0 Å². The summed E-state index contributed by atoms with van der Waals surface area (Å²) < 4.78 is 1.77. The summed E-state index contributed by atoms with van der Waals surface area (Å²) >= 11 is 0. The Morgan fingerprint density at radius 3 is 2.48 bits per heavy atom. The van der Waals surface area contributed by atoms with Crippen LogP contribution in [0.1, 0.15) is 12.5 Å². The van der Waals surface area contributed by atoms with Crippen LogP contribution in [0.3, 0.4) is 0 Å². The van der Waals surface area contributed by atoms with E-state index in [9.17, 15) is 4.79 Å². The third kappa shape index (κ3) is 3.51. The van der Waals surface area contributed by atoms with Gasteiger partial charge in [0.2, 0.25) is 11.9 Å². The molecule has 0 spiro atoms. The summed E-state index contributed by atoms with van der Waals surface area (Å²) in [5.74, 6) is 0.991. The van der Waals surface area contributed by atoms with E-state index in [1.807, 2.05) is 30.5 Å². The Bertz CT molecular complexity index is 871. The molecule has 0 atom stereocenters. The van der Waals surface area contributed by atoms with E-state index in [4.69, 9.17) is 11.5 Å². The maximum Gasteiger partial charge on any atom is 0.235 e. The van der Waals surface area contributed by atoms with Crippen molar-refractivity contribution in [2.45, 2.75) is 13.3 Å². The van der Waals surface area contributed by atoms with Gasteiger partial charge in [-0.3, -0.25) is 9.36 Å². The standard InChI is InChI=1S/C18H20N6O/c1-12(25)23-14-5-3-13(4-6-14)16-11-24(17(20)15(16)7-8-19)18-21-9-2-10-22-18/h2-6,9-11H,7-8,19-20H2,1H3,(H,23,25). The molecule has 128 valence electrons. The second kappa shape index (κ2) is 7.14. The molecule has 5 N–H and O–H groups in total. The summed E-state index contributed by atoms with van der Waals surface area (Å²) in [4.78, 5) is 19.7. The lowest BCUT2D eigenvalue weighted by Gasteiger charge is -2.06. The van der Waals surface area contributed by atoms with Crippen LogP contribution in [0.4, 0.5) is 11.5 Å². The van der Waals surface area contributed by atoms with Crippen molar-refractivity contribution in [1.82, 2.24) is 14.5 Å². The number of nitrogens with two attached hydrogens (primary N) is 2. The molecule has 3 aromatic rings. The second-order valence-corrected chi connectivity index (χ2v) is 5.62. The molecular weight excluding hydrogens is 316 g/mol. The van der Waals surface area contributed by atoms with E-state index in [2.05, 4.69) is 15.3 Å². The van der Waals surface area contributed by atoms with Crippen LogP contribution < -0.4 is 16.8 Å². The molecule has 0 radical (unpaired) electrons. The predicted molar refractivity (Wildman–Crippen MR) is 98.3 cm³/mol. The zero-order chi connectivity index (χ0) is 17.8. The minimum absolute atomic E-state index is 0.104. The summed E-state index contributed by atoms with van der Waals surface area (Å²) in [7, 11) is 0. The van der Waals surface area contributed by atoms with Gasteiger partial charge >= 0.3 is 0 Å². The highest BCUT2D eigenvalue weighted by atomic mass is 16.1. The first kappa shape index (κ1) is 16.7. The van der Waals surface area contributed by atoms with E-state index in [0.717, 1.165) is 22.4 Å². The van der Waals surface area contributed by atoms with Crippen molar-refractivity contribution in [3.63, 3.8) is 0 Å². The van der Waals surface area contributed by atoms with E-state index in [1.54, 1.807) is 23.0 Å². The van der Waals surface area contributed by atoms with Crippen molar-refractivity contribution >= 4 is 17.4 Å². The van der Waals surface area contributed by atoms with Crippen molar-refractivity contribution in [3.05, 3.63) is 54.5 Å². The molecule has 3 rings (SSSR count). The molecule has 0 unspecified atom stereocenters. The number of aromatic nitrogens is 3. The molecule has 2 aromatic heterocycles. The molecule has 0 fully saturated rings. The highest BCUT2D eigenvalue weighted by Gasteiger charge is 2.16. The van der Waals surface area contributed by atoms with Crippen LogP contribution in [0.25, 0.3) is 17.1 Å². The average Bonchev–Trinajstić information content (AvgIpc) is 2.93. The van der Waals surface area contributed by atoms with Crippen LogP contribution in [-0.4, -0.2) is 27.0 Å². The fourth-order valence-corrected chi connectivity index (χ4v) is 2.73. The Labute approximate surface area is 145 Å².